The van der Waals surface area contributed by atoms with Crippen LogP contribution in [-0.4, -0.2) is 19.1 Å². The third-order valence-corrected chi connectivity index (χ3v) is 4.39. The molecule has 3 N–H and O–H groups in total. The first-order valence-electron chi connectivity index (χ1n) is 8.52. The summed E-state index contributed by atoms with van der Waals surface area (Å²) in [6.45, 7) is 3.55. The highest BCUT2D eigenvalue weighted by molar-refractivity contribution is 5.92. The number of anilines is 1. The second-order valence-electron chi connectivity index (χ2n) is 6.32. The van der Waals surface area contributed by atoms with Gasteiger partial charge in [0.15, 0.2) is 5.96 Å². The molecule has 3 rings (SSSR count). The SMILES string of the molecule is Cc1ccc(NC(N)=NCC2CCCOC2c2ccccc2)cc1. The summed E-state index contributed by atoms with van der Waals surface area (Å²) in [7, 11) is 0. The minimum absolute atomic E-state index is 0.107. The lowest BCUT2D eigenvalue weighted by Gasteiger charge is -2.31. The van der Waals surface area contributed by atoms with Gasteiger partial charge in [-0.3, -0.25) is 4.99 Å². The molecule has 0 saturated carbocycles. The van der Waals surface area contributed by atoms with Crippen LogP contribution in [0.5, 0.6) is 0 Å². The molecule has 0 bridgehead atoms. The van der Waals surface area contributed by atoms with Gasteiger partial charge in [-0.2, -0.15) is 0 Å². The Bertz CT molecular complexity index is 667. The number of nitrogens with two attached hydrogens (primary N) is 1. The van der Waals surface area contributed by atoms with Crippen LogP contribution in [0.25, 0.3) is 0 Å². The average Bonchev–Trinajstić information content (AvgIpc) is 2.63. The molecule has 1 heterocycles. The predicted octanol–water partition coefficient (Wildman–Crippen LogP) is 3.89. The summed E-state index contributed by atoms with van der Waals surface area (Å²) in [5, 5.41) is 3.15. The van der Waals surface area contributed by atoms with Gasteiger partial charge in [0.1, 0.15) is 0 Å². The standard InChI is InChI=1S/C20H25N3O/c1-15-9-11-18(12-10-15)23-20(21)22-14-17-8-5-13-24-19(17)16-6-3-2-4-7-16/h2-4,6-7,9-12,17,19H,5,8,13-14H2,1H3,(H3,21,22,23). The fourth-order valence-corrected chi connectivity index (χ4v) is 3.08. The second-order valence-corrected chi connectivity index (χ2v) is 6.32. The molecule has 0 aromatic heterocycles. The normalized spacial score (nSPS) is 21.5. The number of benzene rings is 2. The molecule has 0 amide bonds. The number of rotatable bonds is 4. The minimum Gasteiger partial charge on any atom is -0.373 e. The summed E-state index contributed by atoms with van der Waals surface area (Å²) in [5.74, 6) is 0.816. The Kier molecular flexibility index (Phi) is 5.49. The maximum atomic E-state index is 6.04. The van der Waals surface area contributed by atoms with E-state index in [4.69, 9.17) is 10.5 Å². The predicted molar refractivity (Wildman–Crippen MR) is 99.2 cm³/mol. The number of aliphatic imine (C=N–C) groups is 1. The van der Waals surface area contributed by atoms with Gasteiger partial charge in [0.25, 0.3) is 0 Å². The van der Waals surface area contributed by atoms with E-state index in [9.17, 15) is 0 Å². The Balaban J connectivity index is 1.63. The Hall–Kier alpha value is -2.33. The number of aryl methyl sites for hydroxylation is 1. The van der Waals surface area contributed by atoms with E-state index >= 15 is 0 Å². The maximum absolute atomic E-state index is 6.04. The third kappa shape index (κ3) is 4.36. The van der Waals surface area contributed by atoms with Crippen LogP contribution in [0, 0.1) is 12.8 Å². The Morgan fingerprint density at radius 1 is 1.17 bits per heavy atom. The van der Waals surface area contributed by atoms with E-state index in [0.29, 0.717) is 18.4 Å². The van der Waals surface area contributed by atoms with Gasteiger partial charge < -0.3 is 15.8 Å². The summed E-state index contributed by atoms with van der Waals surface area (Å²) in [5.41, 5.74) is 9.45. The number of hydrogen-bond acceptors (Lipinski definition) is 2. The lowest BCUT2D eigenvalue weighted by atomic mass is 9.89. The quantitative estimate of drug-likeness (QED) is 0.663. The van der Waals surface area contributed by atoms with Gasteiger partial charge >= 0.3 is 0 Å². The molecular weight excluding hydrogens is 298 g/mol. The van der Waals surface area contributed by atoms with E-state index in [-0.39, 0.29) is 6.10 Å². The summed E-state index contributed by atoms with van der Waals surface area (Å²) in [4.78, 5) is 4.54. The molecule has 2 aromatic rings. The molecule has 0 aliphatic carbocycles. The summed E-state index contributed by atoms with van der Waals surface area (Å²) in [6, 6.07) is 18.5. The van der Waals surface area contributed by atoms with Crippen LogP contribution in [0.1, 0.15) is 30.1 Å². The second kappa shape index (κ2) is 7.97. The van der Waals surface area contributed by atoms with Crippen LogP contribution in [-0.2, 0) is 4.74 Å². The molecule has 4 nitrogen and oxygen atoms in total. The van der Waals surface area contributed by atoms with Crippen molar-refractivity contribution in [1.29, 1.82) is 0 Å². The van der Waals surface area contributed by atoms with Gasteiger partial charge in [0.05, 0.1) is 6.10 Å². The van der Waals surface area contributed by atoms with Crippen molar-refractivity contribution in [3.63, 3.8) is 0 Å². The molecular formula is C20H25N3O. The largest absolute Gasteiger partial charge is 0.373 e. The van der Waals surface area contributed by atoms with Crippen LogP contribution < -0.4 is 11.1 Å². The number of guanidine groups is 1. The van der Waals surface area contributed by atoms with Gasteiger partial charge in [0, 0.05) is 24.8 Å². The van der Waals surface area contributed by atoms with Crippen molar-refractivity contribution in [2.45, 2.75) is 25.9 Å². The summed E-state index contributed by atoms with van der Waals surface area (Å²) < 4.78 is 6.01. The number of ether oxygens (including phenoxy) is 1. The maximum Gasteiger partial charge on any atom is 0.193 e. The van der Waals surface area contributed by atoms with Crippen LogP contribution in [0.4, 0.5) is 5.69 Å². The van der Waals surface area contributed by atoms with E-state index in [0.717, 1.165) is 25.1 Å². The van der Waals surface area contributed by atoms with E-state index in [2.05, 4.69) is 53.6 Å². The minimum atomic E-state index is 0.107. The van der Waals surface area contributed by atoms with Crippen LogP contribution >= 0.6 is 0 Å². The summed E-state index contributed by atoms with van der Waals surface area (Å²) >= 11 is 0. The van der Waals surface area contributed by atoms with E-state index < -0.39 is 0 Å². The number of hydrogen-bond donors (Lipinski definition) is 2. The van der Waals surface area contributed by atoms with Gasteiger partial charge in [-0.1, -0.05) is 48.0 Å². The molecule has 1 aliphatic heterocycles. The molecule has 126 valence electrons. The topological polar surface area (TPSA) is 59.6 Å². The fraction of sp³-hybridized carbons (Fsp3) is 0.350. The Labute approximate surface area is 143 Å². The monoisotopic (exact) mass is 323 g/mol. The Morgan fingerprint density at radius 3 is 2.67 bits per heavy atom. The highest BCUT2D eigenvalue weighted by atomic mass is 16.5. The fourth-order valence-electron chi connectivity index (χ4n) is 3.08. The van der Waals surface area contributed by atoms with E-state index in [1.54, 1.807) is 0 Å². The molecule has 4 heteroatoms. The zero-order valence-electron chi connectivity index (χ0n) is 14.1. The lowest BCUT2D eigenvalue weighted by molar-refractivity contribution is -0.0249. The molecule has 24 heavy (non-hydrogen) atoms. The van der Waals surface area contributed by atoms with Crippen molar-refractivity contribution in [2.24, 2.45) is 16.6 Å². The Morgan fingerprint density at radius 2 is 1.92 bits per heavy atom. The van der Waals surface area contributed by atoms with Crippen molar-refractivity contribution in [1.82, 2.24) is 0 Å². The third-order valence-electron chi connectivity index (χ3n) is 4.39. The van der Waals surface area contributed by atoms with Crippen LogP contribution in [0.15, 0.2) is 59.6 Å². The van der Waals surface area contributed by atoms with Gasteiger partial charge in [-0.05, 0) is 37.5 Å². The zero-order chi connectivity index (χ0) is 16.8. The van der Waals surface area contributed by atoms with E-state index in [1.165, 1.54) is 11.1 Å². The summed E-state index contributed by atoms with van der Waals surface area (Å²) in [6.07, 6.45) is 2.30. The van der Waals surface area contributed by atoms with Crippen molar-refractivity contribution < 1.29 is 4.74 Å². The number of nitrogens with zero attached hydrogens (tertiary/aromatic N) is 1. The molecule has 0 radical (unpaired) electrons. The first-order chi connectivity index (χ1) is 11.7. The molecule has 2 atom stereocenters. The van der Waals surface area contributed by atoms with Crippen molar-refractivity contribution in [3.8, 4) is 0 Å². The average molecular weight is 323 g/mol. The van der Waals surface area contributed by atoms with Crippen LogP contribution in [0.2, 0.25) is 0 Å². The number of nitrogens with one attached hydrogen (secondary N) is 1. The molecule has 1 fully saturated rings. The highest BCUT2D eigenvalue weighted by Crippen LogP contribution is 2.33. The molecule has 1 aliphatic rings. The first-order valence-corrected chi connectivity index (χ1v) is 8.52. The van der Waals surface area contributed by atoms with E-state index in [1.807, 2.05) is 18.2 Å². The molecule has 2 aromatic carbocycles. The van der Waals surface area contributed by atoms with Gasteiger partial charge in [0.2, 0.25) is 0 Å². The smallest absolute Gasteiger partial charge is 0.193 e. The van der Waals surface area contributed by atoms with Crippen molar-refractivity contribution >= 4 is 11.6 Å². The zero-order valence-corrected chi connectivity index (χ0v) is 14.1. The van der Waals surface area contributed by atoms with Crippen molar-refractivity contribution in [3.05, 3.63) is 65.7 Å². The van der Waals surface area contributed by atoms with Crippen LogP contribution in [0.3, 0.4) is 0 Å². The molecule has 1 saturated heterocycles. The van der Waals surface area contributed by atoms with Gasteiger partial charge in [-0.15, -0.1) is 0 Å². The lowest BCUT2D eigenvalue weighted by Crippen LogP contribution is -2.28. The first kappa shape index (κ1) is 16.5. The van der Waals surface area contributed by atoms with Crippen molar-refractivity contribution in [2.75, 3.05) is 18.5 Å². The molecule has 2 unspecified atom stereocenters. The highest BCUT2D eigenvalue weighted by Gasteiger charge is 2.27. The van der Waals surface area contributed by atoms with Gasteiger partial charge in [-0.25, -0.2) is 0 Å². The molecule has 0 spiro atoms.